The lowest BCUT2D eigenvalue weighted by molar-refractivity contribution is 0.00578. The van der Waals surface area contributed by atoms with Gasteiger partial charge in [-0.1, -0.05) is 24.1 Å². The van der Waals surface area contributed by atoms with Crippen molar-refractivity contribution in [2.75, 3.05) is 0 Å². The maximum absolute atomic E-state index is 6.06. The van der Waals surface area contributed by atoms with Crippen molar-refractivity contribution in [1.29, 1.82) is 0 Å². The summed E-state index contributed by atoms with van der Waals surface area (Å²) in [5.41, 5.74) is 4.49. The molecular formula is C14H19BO2Si. The zero-order chi connectivity index (χ0) is 13.4. The van der Waals surface area contributed by atoms with Crippen molar-refractivity contribution < 1.29 is 9.31 Å². The average molecular weight is 258 g/mol. The van der Waals surface area contributed by atoms with Crippen LogP contribution in [0, 0.1) is 11.5 Å². The van der Waals surface area contributed by atoms with Crippen molar-refractivity contribution >= 4 is 22.8 Å². The number of benzene rings is 1. The van der Waals surface area contributed by atoms with Gasteiger partial charge in [-0.3, -0.25) is 0 Å². The quantitative estimate of drug-likeness (QED) is 0.544. The first kappa shape index (κ1) is 13.4. The lowest BCUT2D eigenvalue weighted by Gasteiger charge is -2.32. The highest BCUT2D eigenvalue weighted by Crippen LogP contribution is 2.36. The van der Waals surface area contributed by atoms with E-state index in [1.807, 2.05) is 24.3 Å². The molecule has 1 fully saturated rings. The highest BCUT2D eigenvalue weighted by Gasteiger charge is 2.52. The van der Waals surface area contributed by atoms with E-state index in [4.69, 9.17) is 9.31 Å². The molecule has 0 radical (unpaired) electrons. The van der Waals surface area contributed by atoms with Crippen LogP contribution in [-0.2, 0) is 9.31 Å². The van der Waals surface area contributed by atoms with Crippen LogP contribution < -0.4 is 5.46 Å². The molecule has 0 saturated carbocycles. The summed E-state index contributed by atoms with van der Waals surface area (Å²) in [6, 6.07) is 8.04. The third-order valence-corrected chi connectivity index (χ3v) is 3.98. The molecule has 0 aliphatic carbocycles. The Balaban J connectivity index is 2.37. The van der Waals surface area contributed by atoms with Crippen LogP contribution in [0.25, 0.3) is 0 Å². The Hall–Kier alpha value is -1.02. The Morgan fingerprint density at radius 2 is 1.61 bits per heavy atom. The number of hydrogen-bond acceptors (Lipinski definition) is 2. The molecular weight excluding hydrogens is 239 g/mol. The molecule has 1 saturated heterocycles. The van der Waals surface area contributed by atoms with Crippen LogP contribution in [0.3, 0.4) is 0 Å². The molecule has 1 aromatic carbocycles. The molecule has 0 N–H and O–H groups in total. The first-order valence-corrected chi connectivity index (χ1v) is 7.25. The Labute approximate surface area is 113 Å². The van der Waals surface area contributed by atoms with Gasteiger partial charge < -0.3 is 9.31 Å². The van der Waals surface area contributed by atoms with E-state index in [0.717, 1.165) is 21.3 Å². The Morgan fingerprint density at radius 1 is 1.06 bits per heavy atom. The molecule has 0 spiro atoms. The van der Waals surface area contributed by atoms with E-state index in [2.05, 4.69) is 39.2 Å². The molecule has 1 aromatic rings. The third-order valence-electron chi connectivity index (χ3n) is 3.73. The molecule has 0 unspecified atom stereocenters. The SMILES string of the molecule is CC1(C)OB(c2ccccc2C#C[SiH3])OC1(C)C. The van der Waals surface area contributed by atoms with Gasteiger partial charge in [0.05, 0.1) is 21.4 Å². The van der Waals surface area contributed by atoms with Gasteiger partial charge in [0.2, 0.25) is 0 Å². The van der Waals surface area contributed by atoms with Gasteiger partial charge in [0.15, 0.2) is 0 Å². The molecule has 94 valence electrons. The van der Waals surface area contributed by atoms with E-state index in [1.54, 1.807) is 0 Å². The summed E-state index contributed by atoms with van der Waals surface area (Å²) in [6.45, 7) is 8.25. The number of rotatable bonds is 1. The smallest absolute Gasteiger partial charge is 0.399 e. The van der Waals surface area contributed by atoms with Crippen LogP contribution in [0.5, 0.6) is 0 Å². The molecule has 18 heavy (non-hydrogen) atoms. The first-order chi connectivity index (χ1) is 8.37. The Bertz CT molecular complexity index is 498. The maximum Gasteiger partial charge on any atom is 0.496 e. The molecule has 1 aliphatic heterocycles. The predicted molar refractivity (Wildman–Crippen MR) is 79.0 cm³/mol. The highest BCUT2D eigenvalue weighted by atomic mass is 28.1. The fraction of sp³-hybridized carbons (Fsp3) is 0.429. The van der Waals surface area contributed by atoms with E-state index >= 15 is 0 Å². The largest absolute Gasteiger partial charge is 0.496 e. The van der Waals surface area contributed by atoms with Crippen LogP contribution in [-0.4, -0.2) is 28.6 Å². The molecule has 0 atom stereocenters. The molecule has 1 heterocycles. The van der Waals surface area contributed by atoms with Gasteiger partial charge in [-0.15, -0.1) is 5.54 Å². The minimum Gasteiger partial charge on any atom is -0.399 e. The highest BCUT2D eigenvalue weighted by molar-refractivity contribution is 6.62. The van der Waals surface area contributed by atoms with Crippen molar-refractivity contribution in [3.05, 3.63) is 29.8 Å². The van der Waals surface area contributed by atoms with Crippen LogP contribution in [0.4, 0.5) is 0 Å². The maximum atomic E-state index is 6.06. The van der Waals surface area contributed by atoms with Gasteiger partial charge in [0.25, 0.3) is 0 Å². The van der Waals surface area contributed by atoms with Crippen molar-refractivity contribution in [1.82, 2.24) is 0 Å². The Morgan fingerprint density at radius 3 is 2.17 bits per heavy atom. The van der Waals surface area contributed by atoms with Gasteiger partial charge >= 0.3 is 7.12 Å². The summed E-state index contributed by atoms with van der Waals surface area (Å²) >= 11 is 0. The average Bonchev–Trinajstić information content (AvgIpc) is 2.49. The molecule has 2 rings (SSSR count). The third kappa shape index (κ3) is 2.26. The van der Waals surface area contributed by atoms with Crippen molar-refractivity contribution in [2.45, 2.75) is 38.9 Å². The summed E-state index contributed by atoms with van der Waals surface area (Å²) in [6.07, 6.45) is 0. The van der Waals surface area contributed by atoms with Crippen LogP contribution in [0.15, 0.2) is 24.3 Å². The zero-order valence-electron chi connectivity index (χ0n) is 11.7. The summed E-state index contributed by atoms with van der Waals surface area (Å²) in [4.78, 5) is 0. The van der Waals surface area contributed by atoms with E-state index in [9.17, 15) is 0 Å². The van der Waals surface area contributed by atoms with Crippen molar-refractivity contribution in [3.8, 4) is 11.5 Å². The van der Waals surface area contributed by atoms with Gasteiger partial charge in [0, 0.05) is 5.56 Å². The molecule has 1 aliphatic rings. The number of hydrogen-bond donors (Lipinski definition) is 0. The topological polar surface area (TPSA) is 18.5 Å². The second-order valence-corrected chi connectivity index (χ2v) is 6.05. The second-order valence-electron chi connectivity index (χ2n) is 5.55. The molecule has 2 nitrogen and oxygen atoms in total. The molecule has 0 aromatic heterocycles. The lowest BCUT2D eigenvalue weighted by atomic mass is 9.76. The van der Waals surface area contributed by atoms with Crippen LogP contribution in [0.2, 0.25) is 0 Å². The fourth-order valence-corrected chi connectivity index (χ4v) is 2.19. The lowest BCUT2D eigenvalue weighted by Crippen LogP contribution is -2.41. The Kier molecular flexibility index (Phi) is 3.41. The van der Waals surface area contributed by atoms with E-state index in [0.29, 0.717) is 0 Å². The summed E-state index contributed by atoms with van der Waals surface area (Å²) < 4.78 is 12.1. The minimum atomic E-state index is -0.325. The second kappa shape index (κ2) is 4.58. The minimum absolute atomic E-state index is 0.306. The van der Waals surface area contributed by atoms with Gasteiger partial charge in [0.1, 0.15) is 0 Å². The zero-order valence-corrected chi connectivity index (χ0v) is 13.7. The van der Waals surface area contributed by atoms with Gasteiger partial charge in [-0.2, -0.15) is 0 Å². The summed E-state index contributed by atoms with van der Waals surface area (Å²) in [5.74, 6) is 3.16. The van der Waals surface area contributed by atoms with Crippen molar-refractivity contribution in [3.63, 3.8) is 0 Å². The summed E-state index contributed by atoms with van der Waals surface area (Å²) in [7, 11) is 0.549. The van der Waals surface area contributed by atoms with Crippen LogP contribution >= 0.6 is 0 Å². The first-order valence-electron chi connectivity index (χ1n) is 6.25. The standard InChI is InChI=1S/C14H19BO2Si/c1-13(2)14(3,4)17-15(16-13)12-8-6-5-7-11(12)9-10-18/h5-8H,1-4,18H3. The van der Waals surface area contributed by atoms with E-state index in [-0.39, 0.29) is 18.3 Å². The molecule has 4 heteroatoms. The van der Waals surface area contributed by atoms with Gasteiger partial charge in [-0.05, 0) is 39.2 Å². The molecule has 0 amide bonds. The fourth-order valence-electron chi connectivity index (χ4n) is 1.92. The summed E-state index contributed by atoms with van der Waals surface area (Å²) in [5, 5.41) is 0. The normalized spacial score (nSPS) is 20.6. The molecule has 0 bridgehead atoms. The van der Waals surface area contributed by atoms with Gasteiger partial charge in [-0.25, -0.2) is 0 Å². The monoisotopic (exact) mass is 258 g/mol. The van der Waals surface area contributed by atoms with Crippen molar-refractivity contribution in [2.24, 2.45) is 0 Å². The van der Waals surface area contributed by atoms with E-state index in [1.165, 1.54) is 0 Å². The van der Waals surface area contributed by atoms with E-state index < -0.39 is 0 Å². The predicted octanol–water partition coefficient (Wildman–Crippen LogP) is 0.660. The van der Waals surface area contributed by atoms with Crippen LogP contribution in [0.1, 0.15) is 33.3 Å².